The summed E-state index contributed by atoms with van der Waals surface area (Å²) in [6.45, 7) is 4.51. The molecule has 1 aromatic heterocycles. The highest BCUT2D eigenvalue weighted by Crippen LogP contribution is 2.28. The molecule has 2 saturated heterocycles. The smallest absolute Gasteiger partial charge is 0.251 e. The lowest BCUT2D eigenvalue weighted by Crippen LogP contribution is -2.36. The summed E-state index contributed by atoms with van der Waals surface area (Å²) in [6.07, 6.45) is 3.85. The minimum atomic E-state index is -0.109. The first-order valence-corrected chi connectivity index (χ1v) is 9.84. The number of nitrogens with one attached hydrogen (secondary N) is 2. The predicted octanol–water partition coefficient (Wildman–Crippen LogP) is 2.57. The molecular weight excluding hydrogens is 356 g/mol. The summed E-state index contributed by atoms with van der Waals surface area (Å²) >= 11 is 0. The highest BCUT2D eigenvalue weighted by Gasteiger charge is 2.18. The largest absolute Gasteiger partial charge is 0.378 e. The van der Waals surface area contributed by atoms with E-state index in [0.717, 1.165) is 57.1 Å². The monoisotopic (exact) mass is 382 g/mol. The first-order valence-electron chi connectivity index (χ1n) is 9.84. The molecule has 1 unspecified atom stereocenters. The zero-order valence-corrected chi connectivity index (χ0v) is 15.9. The van der Waals surface area contributed by atoms with Gasteiger partial charge in [-0.2, -0.15) is 0 Å². The van der Waals surface area contributed by atoms with Crippen LogP contribution in [0.15, 0.2) is 42.6 Å². The summed E-state index contributed by atoms with van der Waals surface area (Å²) in [5.74, 6) is 0.535. The first kappa shape index (κ1) is 18.7. The van der Waals surface area contributed by atoms with E-state index in [1.54, 1.807) is 18.3 Å². The summed E-state index contributed by atoms with van der Waals surface area (Å²) in [5, 5.41) is 6.32. The number of carbonyl (C=O) groups excluding carboxylic acids is 1. The van der Waals surface area contributed by atoms with Crippen LogP contribution in [0.25, 0.3) is 0 Å². The van der Waals surface area contributed by atoms with Crippen molar-refractivity contribution in [3.63, 3.8) is 0 Å². The standard InChI is InChI=1S/C21H26N4O3/c26-21(23-15-17-4-3-11-28-17)16-7-8-22-20(14-16)24-18-5-1-2-6-19(18)25-9-12-27-13-10-25/h1-2,5-8,14,17H,3-4,9-13,15H2,(H,22,24)(H,23,26). The molecule has 7 heteroatoms. The van der Waals surface area contributed by atoms with Crippen molar-refractivity contribution in [2.45, 2.75) is 18.9 Å². The molecule has 28 heavy (non-hydrogen) atoms. The first-order chi connectivity index (χ1) is 13.8. The molecule has 2 fully saturated rings. The highest BCUT2D eigenvalue weighted by atomic mass is 16.5. The van der Waals surface area contributed by atoms with E-state index in [1.807, 2.05) is 18.2 Å². The number of ether oxygens (including phenoxy) is 2. The molecule has 0 saturated carbocycles. The second kappa shape index (κ2) is 9.03. The number of carbonyl (C=O) groups is 1. The van der Waals surface area contributed by atoms with Crippen molar-refractivity contribution in [1.29, 1.82) is 0 Å². The molecule has 2 aromatic rings. The molecule has 0 bridgehead atoms. The molecule has 0 spiro atoms. The van der Waals surface area contributed by atoms with Crippen LogP contribution in [0.4, 0.5) is 17.2 Å². The predicted molar refractivity (Wildman–Crippen MR) is 108 cm³/mol. The molecular formula is C21H26N4O3. The van der Waals surface area contributed by atoms with Gasteiger partial charge in [0, 0.05) is 38.0 Å². The zero-order valence-electron chi connectivity index (χ0n) is 15.9. The Morgan fingerprint density at radius 3 is 2.86 bits per heavy atom. The number of aromatic nitrogens is 1. The Labute approximate surface area is 165 Å². The van der Waals surface area contributed by atoms with Crippen LogP contribution in [-0.2, 0) is 9.47 Å². The summed E-state index contributed by atoms with van der Waals surface area (Å²) in [4.78, 5) is 19.2. The number of amides is 1. The number of morpholine rings is 1. The van der Waals surface area contributed by atoms with Crippen LogP contribution < -0.4 is 15.5 Å². The quantitative estimate of drug-likeness (QED) is 0.800. The lowest BCUT2D eigenvalue weighted by Gasteiger charge is -2.30. The van der Waals surface area contributed by atoms with Crippen molar-refractivity contribution >= 4 is 23.1 Å². The number of hydrogen-bond donors (Lipinski definition) is 2. The Kier molecular flexibility index (Phi) is 6.04. The van der Waals surface area contributed by atoms with Crippen molar-refractivity contribution in [1.82, 2.24) is 10.3 Å². The van der Waals surface area contributed by atoms with Gasteiger partial charge in [0.2, 0.25) is 0 Å². The Hall–Kier alpha value is -2.64. The van der Waals surface area contributed by atoms with Crippen molar-refractivity contribution in [3.8, 4) is 0 Å². The van der Waals surface area contributed by atoms with Gasteiger partial charge in [-0.15, -0.1) is 0 Å². The van der Waals surface area contributed by atoms with Gasteiger partial charge in [-0.1, -0.05) is 12.1 Å². The van der Waals surface area contributed by atoms with Crippen molar-refractivity contribution < 1.29 is 14.3 Å². The van der Waals surface area contributed by atoms with Gasteiger partial charge in [0.15, 0.2) is 0 Å². The average Bonchev–Trinajstić information content (AvgIpc) is 3.27. The van der Waals surface area contributed by atoms with Crippen LogP contribution in [0.2, 0.25) is 0 Å². The van der Waals surface area contributed by atoms with Gasteiger partial charge >= 0.3 is 0 Å². The second-order valence-electron chi connectivity index (χ2n) is 7.02. The number of para-hydroxylation sites is 2. The Morgan fingerprint density at radius 1 is 1.18 bits per heavy atom. The summed E-state index contributed by atoms with van der Waals surface area (Å²) in [5.41, 5.74) is 2.66. The average molecular weight is 382 g/mol. The minimum absolute atomic E-state index is 0.109. The fourth-order valence-electron chi connectivity index (χ4n) is 3.55. The van der Waals surface area contributed by atoms with Gasteiger partial charge in [-0.05, 0) is 37.1 Å². The lowest BCUT2D eigenvalue weighted by molar-refractivity contribution is 0.0857. The molecule has 1 atom stereocenters. The van der Waals surface area contributed by atoms with Crippen LogP contribution in [0.1, 0.15) is 23.2 Å². The van der Waals surface area contributed by atoms with Crippen molar-refractivity contribution in [2.24, 2.45) is 0 Å². The Morgan fingerprint density at radius 2 is 2.04 bits per heavy atom. The molecule has 2 aliphatic rings. The van der Waals surface area contributed by atoms with Crippen LogP contribution in [-0.4, -0.2) is 56.5 Å². The lowest BCUT2D eigenvalue weighted by atomic mass is 10.2. The van der Waals surface area contributed by atoms with E-state index in [9.17, 15) is 4.79 Å². The van der Waals surface area contributed by atoms with Gasteiger partial charge in [0.25, 0.3) is 5.91 Å². The SMILES string of the molecule is O=C(NCC1CCCO1)c1ccnc(Nc2ccccc2N2CCOCC2)c1. The van der Waals surface area contributed by atoms with Crippen LogP contribution in [0.3, 0.4) is 0 Å². The third-order valence-electron chi connectivity index (χ3n) is 5.05. The summed E-state index contributed by atoms with van der Waals surface area (Å²) in [6, 6.07) is 11.6. The number of pyridine rings is 1. The van der Waals surface area contributed by atoms with E-state index >= 15 is 0 Å². The molecule has 2 N–H and O–H groups in total. The maximum absolute atomic E-state index is 12.5. The molecule has 148 valence electrons. The van der Waals surface area contributed by atoms with Crippen LogP contribution in [0.5, 0.6) is 0 Å². The van der Waals surface area contributed by atoms with Crippen LogP contribution >= 0.6 is 0 Å². The van der Waals surface area contributed by atoms with Crippen molar-refractivity contribution in [3.05, 3.63) is 48.2 Å². The van der Waals surface area contributed by atoms with E-state index in [2.05, 4.69) is 26.6 Å². The normalized spacial score (nSPS) is 19.4. The fraction of sp³-hybridized carbons (Fsp3) is 0.429. The van der Waals surface area contributed by atoms with E-state index in [0.29, 0.717) is 17.9 Å². The van der Waals surface area contributed by atoms with E-state index in [-0.39, 0.29) is 12.0 Å². The third kappa shape index (κ3) is 4.61. The second-order valence-corrected chi connectivity index (χ2v) is 7.02. The van der Waals surface area contributed by atoms with Crippen molar-refractivity contribution in [2.75, 3.05) is 49.7 Å². The molecule has 0 radical (unpaired) electrons. The van der Waals surface area contributed by atoms with Gasteiger partial charge in [0.1, 0.15) is 5.82 Å². The summed E-state index contributed by atoms with van der Waals surface area (Å²) in [7, 11) is 0. The maximum Gasteiger partial charge on any atom is 0.251 e. The number of benzene rings is 1. The molecule has 1 aromatic carbocycles. The third-order valence-corrected chi connectivity index (χ3v) is 5.05. The number of hydrogen-bond acceptors (Lipinski definition) is 6. The summed E-state index contributed by atoms with van der Waals surface area (Å²) < 4.78 is 11.0. The molecule has 4 rings (SSSR count). The Bertz CT molecular complexity index is 802. The molecule has 2 aliphatic heterocycles. The Balaban J connectivity index is 1.44. The van der Waals surface area contributed by atoms with Gasteiger partial charge in [-0.25, -0.2) is 4.98 Å². The van der Waals surface area contributed by atoms with E-state index in [4.69, 9.17) is 9.47 Å². The topological polar surface area (TPSA) is 75.7 Å². The maximum atomic E-state index is 12.5. The molecule has 0 aliphatic carbocycles. The van der Waals surface area contributed by atoms with Gasteiger partial charge in [0.05, 0.1) is 30.7 Å². The molecule has 3 heterocycles. The van der Waals surface area contributed by atoms with Gasteiger partial charge < -0.3 is 25.0 Å². The van der Waals surface area contributed by atoms with E-state index in [1.165, 1.54) is 0 Å². The zero-order chi connectivity index (χ0) is 19.2. The number of nitrogens with zero attached hydrogens (tertiary/aromatic N) is 2. The molecule has 7 nitrogen and oxygen atoms in total. The van der Waals surface area contributed by atoms with Gasteiger partial charge in [-0.3, -0.25) is 4.79 Å². The highest BCUT2D eigenvalue weighted by molar-refractivity contribution is 5.95. The number of anilines is 3. The fourth-order valence-corrected chi connectivity index (χ4v) is 3.55. The van der Waals surface area contributed by atoms with E-state index < -0.39 is 0 Å². The molecule has 1 amide bonds. The minimum Gasteiger partial charge on any atom is -0.378 e. The van der Waals surface area contributed by atoms with Crippen LogP contribution in [0, 0.1) is 0 Å². The number of rotatable bonds is 6.